The summed E-state index contributed by atoms with van der Waals surface area (Å²) in [6.45, 7) is 1.96. The lowest BCUT2D eigenvalue weighted by molar-refractivity contribution is 0.876. The molecule has 0 unspecified atom stereocenters. The van der Waals surface area contributed by atoms with Crippen molar-refractivity contribution in [2.75, 3.05) is 0 Å². The van der Waals surface area contributed by atoms with Crippen molar-refractivity contribution in [3.8, 4) is 11.8 Å². The third-order valence-electron chi connectivity index (χ3n) is 2.07. The summed E-state index contributed by atoms with van der Waals surface area (Å²) in [7, 11) is 0. The molecule has 1 aromatic heterocycles. The molecule has 0 bridgehead atoms. The van der Waals surface area contributed by atoms with Crippen LogP contribution in [0.25, 0.3) is 5.69 Å². The summed E-state index contributed by atoms with van der Waals surface area (Å²) >= 11 is 3.32. The van der Waals surface area contributed by atoms with Crippen LogP contribution in [0, 0.1) is 18.3 Å². The van der Waals surface area contributed by atoms with Gasteiger partial charge in [0.15, 0.2) is 0 Å². The van der Waals surface area contributed by atoms with Crippen LogP contribution in [0.3, 0.4) is 0 Å². The van der Waals surface area contributed by atoms with E-state index in [1.54, 1.807) is 10.9 Å². The van der Waals surface area contributed by atoms with Crippen LogP contribution in [0.15, 0.2) is 35.1 Å². The highest BCUT2D eigenvalue weighted by Crippen LogP contribution is 2.17. The zero-order valence-corrected chi connectivity index (χ0v) is 9.69. The maximum Gasteiger partial charge on any atom is 0.101 e. The Morgan fingerprint density at radius 3 is 2.87 bits per heavy atom. The van der Waals surface area contributed by atoms with Crippen LogP contribution in [0.2, 0.25) is 0 Å². The number of nitrogens with zero attached hydrogens (tertiary/aromatic N) is 3. The van der Waals surface area contributed by atoms with Crippen molar-refractivity contribution in [2.24, 2.45) is 0 Å². The highest BCUT2D eigenvalue weighted by Gasteiger charge is 2.05. The molecule has 0 aliphatic rings. The van der Waals surface area contributed by atoms with E-state index >= 15 is 0 Å². The second-order valence-corrected chi connectivity index (χ2v) is 4.15. The van der Waals surface area contributed by atoms with Crippen molar-refractivity contribution in [1.82, 2.24) is 9.78 Å². The zero-order valence-electron chi connectivity index (χ0n) is 8.11. The van der Waals surface area contributed by atoms with E-state index in [0.717, 1.165) is 15.7 Å². The van der Waals surface area contributed by atoms with E-state index in [2.05, 4.69) is 27.1 Å². The van der Waals surface area contributed by atoms with E-state index in [0.29, 0.717) is 5.56 Å². The molecule has 0 spiro atoms. The quantitative estimate of drug-likeness (QED) is 0.792. The largest absolute Gasteiger partial charge is 0.238 e. The molecule has 74 valence electrons. The van der Waals surface area contributed by atoms with Crippen molar-refractivity contribution in [3.05, 3.63) is 46.2 Å². The number of hydrogen-bond donors (Lipinski definition) is 0. The van der Waals surface area contributed by atoms with Crippen LogP contribution in [0.5, 0.6) is 0 Å². The standard InChI is InChI=1S/C11H8BrN3/c1-8-2-3-11(9(4-8)5-13)15-7-10(12)6-14-15/h2-4,6-7H,1H3. The maximum absolute atomic E-state index is 9.01. The van der Waals surface area contributed by atoms with Crippen LogP contribution in [-0.2, 0) is 0 Å². The van der Waals surface area contributed by atoms with E-state index in [9.17, 15) is 0 Å². The normalized spacial score (nSPS) is 9.93. The number of aromatic nitrogens is 2. The van der Waals surface area contributed by atoms with Crippen molar-refractivity contribution < 1.29 is 0 Å². The summed E-state index contributed by atoms with van der Waals surface area (Å²) in [4.78, 5) is 0. The molecule has 0 aliphatic carbocycles. The van der Waals surface area contributed by atoms with Gasteiger partial charge in [-0.3, -0.25) is 0 Å². The van der Waals surface area contributed by atoms with Gasteiger partial charge < -0.3 is 0 Å². The van der Waals surface area contributed by atoms with Crippen molar-refractivity contribution >= 4 is 15.9 Å². The number of hydrogen-bond acceptors (Lipinski definition) is 2. The molecule has 2 rings (SSSR count). The Balaban J connectivity index is 2.58. The minimum absolute atomic E-state index is 0.630. The Morgan fingerprint density at radius 1 is 1.47 bits per heavy atom. The van der Waals surface area contributed by atoms with Crippen LogP contribution >= 0.6 is 15.9 Å². The molecule has 0 fully saturated rings. The molecule has 0 amide bonds. The van der Waals surface area contributed by atoms with Gasteiger partial charge in [0.2, 0.25) is 0 Å². The number of nitriles is 1. The van der Waals surface area contributed by atoms with Gasteiger partial charge in [0.1, 0.15) is 6.07 Å². The van der Waals surface area contributed by atoms with Gasteiger partial charge in [-0.1, -0.05) is 6.07 Å². The van der Waals surface area contributed by atoms with Crippen LogP contribution < -0.4 is 0 Å². The summed E-state index contributed by atoms with van der Waals surface area (Å²) in [6, 6.07) is 7.88. The van der Waals surface area contributed by atoms with Gasteiger partial charge in [-0.25, -0.2) is 4.68 Å². The average molecular weight is 262 g/mol. The SMILES string of the molecule is Cc1ccc(-n2cc(Br)cn2)c(C#N)c1. The summed E-state index contributed by atoms with van der Waals surface area (Å²) in [5, 5.41) is 13.2. The molecule has 1 aromatic carbocycles. The first-order valence-corrected chi connectivity index (χ1v) is 5.21. The van der Waals surface area contributed by atoms with Gasteiger partial charge in [-0.15, -0.1) is 0 Å². The lowest BCUT2D eigenvalue weighted by Crippen LogP contribution is -1.97. The van der Waals surface area contributed by atoms with E-state index in [4.69, 9.17) is 5.26 Å². The molecule has 0 aliphatic heterocycles. The van der Waals surface area contributed by atoms with Gasteiger partial charge in [-0.05, 0) is 40.5 Å². The Morgan fingerprint density at radius 2 is 2.27 bits per heavy atom. The summed E-state index contributed by atoms with van der Waals surface area (Å²) in [5.41, 5.74) is 2.50. The number of benzene rings is 1. The highest BCUT2D eigenvalue weighted by atomic mass is 79.9. The summed E-state index contributed by atoms with van der Waals surface area (Å²) < 4.78 is 2.58. The van der Waals surface area contributed by atoms with E-state index in [1.807, 2.05) is 31.3 Å². The number of aryl methyl sites for hydroxylation is 1. The Kier molecular flexibility index (Phi) is 2.57. The van der Waals surface area contributed by atoms with Crippen LogP contribution in [0.4, 0.5) is 0 Å². The number of halogens is 1. The Bertz CT molecular complexity index is 537. The number of rotatable bonds is 1. The summed E-state index contributed by atoms with van der Waals surface area (Å²) in [6.07, 6.45) is 3.52. The first kappa shape index (κ1) is 9.94. The molecule has 0 N–H and O–H groups in total. The van der Waals surface area contributed by atoms with Crippen molar-refractivity contribution in [3.63, 3.8) is 0 Å². The molecular weight excluding hydrogens is 254 g/mol. The maximum atomic E-state index is 9.01. The molecular formula is C11H8BrN3. The lowest BCUT2D eigenvalue weighted by Gasteiger charge is -2.04. The van der Waals surface area contributed by atoms with E-state index in [-0.39, 0.29) is 0 Å². The third kappa shape index (κ3) is 1.92. The average Bonchev–Trinajstić information content (AvgIpc) is 2.64. The molecule has 0 saturated heterocycles. The second-order valence-electron chi connectivity index (χ2n) is 3.24. The molecule has 15 heavy (non-hydrogen) atoms. The van der Waals surface area contributed by atoms with Gasteiger partial charge in [0, 0.05) is 6.20 Å². The molecule has 4 heteroatoms. The zero-order chi connectivity index (χ0) is 10.8. The third-order valence-corrected chi connectivity index (χ3v) is 2.48. The van der Waals surface area contributed by atoms with Gasteiger partial charge >= 0.3 is 0 Å². The Hall–Kier alpha value is -1.60. The van der Waals surface area contributed by atoms with Gasteiger partial charge in [-0.2, -0.15) is 10.4 Å². The van der Waals surface area contributed by atoms with Crippen molar-refractivity contribution in [1.29, 1.82) is 5.26 Å². The van der Waals surface area contributed by atoms with Crippen LogP contribution in [0.1, 0.15) is 11.1 Å². The summed E-state index contributed by atoms with van der Waals surface area (Å²) in [5.74, 6) is 0. The first-order chi connectivity index (χ1) is 7.20. The predicted octanol–water partition coefficient (Wildman–Crippen LogP) is 2.81. The fourth-order valence-corrected chi connectivity index (χ4v) is 1.66. The molecule has 0 atom stereocenters. The predicted molar refractivity (Wildman–Crippen MR) is 60.7 cm³/mol. The Labute approximate surface area is 96.1 Å². The minimum atomic E-state index is 0.630. The van der Waals surface area contributed by atoms with Crippen molar-refractivity contribution in [2.45, 2.75) is 6.92 Å². The minimum Gasteiger partial charge on any atom is -0.238 e. The lowest BCUT2D eigenvalue weighted by atomic mass is 10.1. The fourth-order valence-electron chi connectivity index (χ4n) is 1.37. The van der Waals surface area contributed by atoms with Crippen LogP contribution in [-0.4, -0.2) is 9.78 Å². The molecule has 1 heterocycles. The fraction of sp³-hybridized carbons (Fsp3) is 0.0909. The van der Waals surface area contributed by atoms with Gasteiger partial charge in [0.25, 0.3) is 0 Å². The smallest absolute Gasteiger partial charge is 0.101 e. The topological polar surface area (TPSA) is 41.6 Å². The van der Waals surface area contributed by atoms with Gasteiger partial charge in [0.05, 0.1) is 21.9 Å². The molecule has 0 radical (unpaired) electrons. The first-order valence-electron chi connectivity index (χ1n) is 4.42. The molecule has 2 aromatic rings. The highest BCUT2D eigenvalue weighted by molar-refractivity contribution is 9.10. The monoisotopic (exact) mass is 261 g/mol. The molecule has 3 nitrogen and oxygen atoms in total. The van der Waals surface area contributed by atoms with E-state index < -0.39 is 0 Å². The molecule has 0 saturated carbocycles. The second kappa shape index (κ2) is 3.87. The van der Waals surface area contributed by atoms with E-state index in [1.165, 1.54) is 0 Å².